The molecule has 11 heteroatoms. The van der Waals surface area contributed by atoms with Crippen molar-refractivity contribution in [3.8, 4) is 17.1 Å². The zero-order valence-corrected chi connectivity index (χ0v) is 23.8. The molecule has 0 aliphatic rings. The van der Waals surface area contributed by atoms with E-state index < -0.39 is 29.0 Å². The molecule has 0 spiro atoms. The molecule has 3 aromatic carbocycles. The second kappa shape index (κ2) is 12.5. The highest BCUT2D eigenvalue weighted by atomic mass is 16.5. The van der Waals surface area contributed by atoms with Crippen molar-refractivity contribution in [1.82, 2.24) is 19.6 Å². The first-order chi connectivity index (χ1) is 20.9. The molecule has 2 N–H and O–H groups in total. The number of H-pyrrole nitrogens is 2. The Morgan fingerprint density at radius 2 is 1.09 bits per heavy atom. The van der Waals surface area contributed by atoms with E-state index in [2.05, 4.69) is 10.2 Å². The number of carbonyl (C=O) groups excluding carboxylic acids is 2. The van der Waals surface area contributed by atoms with Crippen LogP contribution in [-0.2, 0) is 9.47 Å². The molecule has 0 saturated heterocycles. The highest BCUT2D eigenvalue weighted by molar-refractivity contribution is 5.92. The van der Waals surface area contributed by atoms with Gasteiger partial charge in [-0.25, -0.2) is 19.0 Å². The van der Waals surface area contributed by atoms with E-state index in [0.29, 0.717) is 22.7 Å². The average molecular weight is 583 g/mol. The van der Waals surface area contributed by atoms with Gasteiger partial charge in [-0.3, -0.25) is 19.8 Å². The fourth-order valence-electron chi connectivity index (χ4n) is 4.95. The van der Waals surface area contributed by atoms with E-state index in [-0.39, 0.29) is 35.7 Å². The van der Waals surface area contributed by atoms with Gasteiger partial charge in [0.15, 0.2) is 11.4 Å². The summed E-state index contributed by atoms with van der Waals surface area (Å²) < 4.78 is 18.4. The Morgan fingerprint density at radius 1 is 0.674 bits per heavy atom. The number of esters is 2. The van der Waals surface area contributed by atoms with Crippen LogP contribution in [0.4, 0.5) is 0 Å². The predicted octanol–water partition coefficient (Wildman–Crippen LogP) is 4.19. The van der Waals surface area contributed by atoms with Gasteiger partial charge in [0.05, 0.1) is 42.8 Å². The number of hydrogen-bond acceptors (Lipinski definition) is 7. The minimum atomic E-state index is -1.20. The molecule has 2 heterocycles. The number of para-hydroxylation sites is 2. The maximum absolute atomic E-state index is 14.3. The van der Waals surface area contributed by atoms with E-state index in [1.54, 1.807) is 98.8 Å². The highest BCUT2D eigenvalue weighted by Gasteiger charge is 2.37. The van der Waals surface area contributed by atoms with Crippen molar-refractivity contribution in [2.75, 3.05) is 20.3 Å². The minimum Gasteiger partial charge on any atom is -0.497 e. The Bertz CT molecular complexity index is 1740. The Balaban J connectivity index is 1.88. The van der Waals surface area contributed by atoms with Crippen LogP contribution in [0.2, 0.25) is 0 Å². The third-order valence-corrected chi connectivity index (χ3v) is 6.87. The van der Waals surface area contributed by atoms with Crippen LogP contribution in [0.15, 0.2) is 94.5 Å². The normalized spacial score (nSPS) is 11.0. The standard InChI is InChI=1S/C32H30N4O7/c1-4-42-31(39)27-25(29(37)35(33-27)21-12-8-6-9-13-21)24(20-16-18-23(41-3)19-17-20)26-28(32(40)43-5-2)34-36(30(26)38)22-14-10-7-11-15-22/h6-19,24,33-34H,4-5H2,1-3H3. The number of rotatable bonds is 10. The third kappa shape index (κ3) is 5.52. The number of nitrogens with one attached hydrogen (secondary N) is 2. The van der Waals surface area contributed by atoms with E-state index in [4.69, 9.17) is 14.2 Å². The topological polar surface area (TPSA) is 137 Å². The van der Waals surface area contributed by atoms with Gasteiger partial charge in [0.1, 0.15) is 5.75 Å². The lowest BCUT2D eigenvalue weighted by atomic mass is 9.85. The van der Waals surface area contributed by atoms with Crippen LogP contribution in [0.3, 0.4) is 0 Å². The second-order valence-electron chi connectivity index (χ2n) is 9.40. The quantitative estimate of drug-likeness (QED) is 0.236. The molecular weight excluding hydrogens is 552 g/mol. The molecule has 0 radical (unpaired) electrons. The lowest BCUT2D eigenvalue weighted by Gasteiger charge is -2.17. The van der Waals surface area contributed by atoms with Gasteiger partial charge in [-0.2, -0.15) is 0 Å². The molecule has 0 aliphatic carbocycles. The number of methoxy groups -OCH3 is 1. The summed E-state index contributed by atoms with van der Waals surface area (Å²) in [7, 11) is 1.51. The summed E-state index contributed by atoms with van der Waals surface area (Å²) in [6.45, 7) is 3.38. The second-order valence-corrected chi connectivity index (χ2v) is 9.40. The Kier molecular flexibility index (Phi) is 8.42. The van der Waals surface area contributed by atoms with Gasteiger partial charge in [0.25, 0.3) is 11.1 Å². The maximum atomic E-state index is 14.3. The molecule has 0 unspecified atom stereocenters. The SMILES string of the molecule is CCOC(=O)c1[nH]n(-c2ccccc2)c(=O)c1C(c1ccc(OC)cc1)c1c(C(=O)OCC)[nH]n(-c2ccccc2)c1=O. The Morgan fingerprint density at radius 3 is 1.47 bits per heavy atom. The third-order valence-electron chi connectivity index (χ3n) is 6.87. The molecule has 0 fully saturated rings. The number of ether oxygens (including phenoxy) is 3. The number of hydrogen-bond donors (Lipinski definition) is 2. The molecule has 2 aromatic heterocycles. The molecule has 220 valence electrons. The summed E-state index contributed by atoms with van der Waals surface area (Å²) >= 11 is 0. The van der Waals surface area contributed by atoms with Crippen LogP contribution in [0.5, 0.6) is 5.75 Å². The molecule has 0 bridgehead atoms. The van der Waals surface area contributed by atoms with Crippen molar-refractivity contribution in [3.05, 3.63) is 134 Å². The fourth-order valence-corrected chi connectivity index (χ4v) is 4.95. The van der Waals surface area contributed by atoms with Crippen molar-refractivity contribution in [1.29, 1.82) is 0 Å². The molecule has 0 amide bonds. The van der Waals surface area contributed by atoms with Gasteiger partial charge in [0, 0.05) is 5.92 Å². The molecule has 5 rings (SSSR count). The summed E-state index contributed by atoms with van der Waals surface area (Å²) in [6.07, 6.45) is 0. The largest absolute Gasteiger partial charge is 0.497 e. The lowest BCUT2D eigenvalue weighted by molar-refractivity contribution is 0.0510. The molecule has 0 saturated carbocycles. The zero-order chi connectivity index (χ0) is 30.5. The number of carbonyl (C=O) groups is 2. The van der Waals surface area contributed by atoms with Gasteiger partial charge < -0.3 is 14.2 Å². The van der Waals surface area contributed by atoms with Crippen LogP contribution in [-0.4, -0.2) is 51.8 Å². The molecule has 0 atom stereocenters. The summed E-state index contributed by atoms with van der Waals surface area (Å²) in [4.78, 5) is 55.2. The minimum absolute atomic E-state index is 0.0447. The highest BCUT2D eigenvalue weighted by Crippen LogP contribution is 2.34. The van der Waals surface area contributed by atoms with Crippen LogP contribution in [0.1, 0.15) is 57.4 Å². The van der Waals surface area contributed by atoms with Crippen LogP contribution < -0.4 is 15.9 Å². The first-order valence-electron chi connectivity index (χ1n) is 13.7. The van der Waals surface area contributed by atoms with E-state index in [1.165, 1.54) is 16.5 Å². The molecule has 43 heavy (non-hydrogen) atoms. The number of benzene rings is 3. The van der Waals surface area contributed by atoms with Crippen molar-refractivity contribution in [2.24, 2.45) is 0 Å². The van der Waals surface area contributed by atoms with Gasteiger partial charge in [-0.1, -0.05) is 48.5 Å². The first-order valence-corrected chi connectivity index (χ1v) is 13.7. The van der Waals surface area contributed by atoms with E-state index >= 15 is 0 Å². The first kappa shape index (κ1) is 28.9. The van der Waals surface area contributed by atoms with Gasteiger partial charge >= 0.3 is 11.9 Å². The summed E-state index contributed by atoms with van der Waals surface area (Å²) in [5.41, 5.74) is -0.295. The predicted molar refractivity (Wildman–Crippen MR) is 159 cm³/mol. The van der Waals surface area contributed by atoms with Gasteiger partial charge in [0.2, 0.25) is 0 Å². The summed E-state index contributed by atoms with van der Waals surface area (Å²) in [5, 5.41) is 5.79. The van der Waals surface area contributed by atoms with Gasteiger partial charge in [-0.05, 0) is 55.8 Å². The van der Waals surface area contributed by atoms with Crippen molar-refractivity contribution in [3.63, 3.8) is 0 Å². The lowest BCUT2D eigenvalue weighted by Crippen LogP contribution is -2.27. The monoisotopic (exact) mass is 582 g/mol. The molecular formula is C32H30N4O7. The number of aromatic nitrogens is 4. The fraction of sp³-hybridized carbons (Fsp3) is 0.188. The smallest absolute Gasteiger partial charge is 0.356 e. The van der Waals surface area contributed by atoms with Crippen LogP contribution in [0.25, 0.3) is 11.4 Å². The van der Waals surface area contributed by atoms with E-state index in [9.17, 15) is 19.2 Å². The zero-order valence-electron chi connectivity index (χ0n) is 23.8. The maximum Gasteiger partial charge on any atom is 0.356 e. The molecule has 5 aromatic rings. The Hall–Kier alpha value is -5.58. The average Bonchev–Trinajstić information content (AvgIpc) is 3.56. The molecule has 0 aliphatic heterocycles. The van der Waals surface area contributed by atoms with Crippen molar-refractivity contribution >= 4 is 11.9 Å². The summed E-state index contributed by atoms with van der Waals surface area (Å²) in [6, 6.07) is 24.0. The number of nitrogens with zero attached hydrogens (tertiary/aromatic N) is 2. The summed E-state index contributed by atoms with van der Waals surface area (Å²) in [5.74, 6) is -2.25. The Labute approximate surface area is 246 Å². The van der Waals surface area contributed by atoms with E-state index in [1.807, 2.05) is 0 Å². The van der Waals surface area contributed by atoms with Crippen LogP contribution >= 0.6 is 0 Å². The van der Waals surface area contributed by atoms with Crippen molar-refractivity contribution < 1.29 is 23.8 Å². The molecule has 11 nitrogen and oxygen atoms in total. The van der Waals surface area contributed by atoms with Crippen molar-refractivity contribution in [2.45, 2.75) is 19.8 Å². The number of aromatic amines is 2. The van der Waals surface area contributed by atoms with Gasteiger partial charge in [-0.15, -0.1) is 0 Å². The van der Waals surface area contributed by atoms with E-state index in [0.717, 1.165) is 0 Å². The van der Waals surface area contributed by atoms with Crippen LogP contribution in [0, 0.1) is 0 Å².